The maximum Gasteiger partial charge on any atom is 0.244 e. The molecule has 1 aromatic heterocycles. The van der Waals surface area contributed by atoms with Gasteiger partial charge in [-0.05, 0) is 25.8 Å². The lowest BCUT2D eigenvalue weighted by Gasteiger charge is -2.37. The highest BCUT2D eigenvalue weighted by molar-refractivity contribution is 7.89. The van der Waals surface area contributed by atoms with Crippen LogP contribution in [0.5, 0.6) is 0 Å². The zero-order valence-corrected chi connectivity index (χ0v) is 14.3. The number of sulfonamides is 1. The third-order valence-electron chi connectivity index (χ3n) is 5.04. The van der Waals surface area contributed by atoms with E-state index < -0.39 is 10.0 Å². The van der Waals surface area contributed by atoms with Crippen LogP contribution >= 0.6 is 11.3 Å². The van der Waals surface area contributed by atoms with Crippen molar-refractivity contribution in [3.63, 3.8) is 0 Å². The molecule has 0 unspecified atom stereocenters. The smallest absolute Gasteiger partial charge is 0.244 e. The molecule has 2 heterocycles. The van der Waals surface area contributed by atoms with Crippen molar-refractivity contribution in [2.45, 2.75) is 30.2 Å². The van der Waals surface area contributed by atoms with E-state index in [1.54, 1.807) is 9.69 Å². The summed E-state index contributed by atoms with van der Waals surface area (Å²) < 4.78 is 28.6. The molecule has 4 nitrogen and oxygen atoms in total. The van der Waals surface area contributed by atoms with E-state index in [0.717, 1.165) is 23.2 Å². The van der Waals surface area contributed by atoms with Gasteiger partial charge in [0, 0.05) is 47.2 Å². The van der Waals surface area contributed by atoms with Gasteiger partial charge in [0.15, 0.2) is 0 Å². The highest BCUT2D eigenvalue weighted by atomic mass is 32.2. The fourth-order valence-electron chi connectivity index (χ4n) is 3.26. The Morgan fingerprint density at radius 3 is 2.45 bits per heavy atom. The summed E-state index contributed by atoms with van der Waals surface area (Å²) in [6.45, 7) is 5.17. The van der Waals surface area contributed by atoms with Crippen molar-refractivity contribution in [3.8, 4) is 0 Å². The van der Waals surface area contributed by atoms with Crippen LogP contribution in [0.2, 0.25) is 0 Å². The molecule has 0 bridgehead atoms. The quantitative estimate of drug-likeness (QED) is 0.865. The Balaban J connectivity index is 1.59. The second-order valence-corrected chi connectivity index (χ2v) is 9.30. The maximum absolute atomic E-state index is 12.9. The van der Waals surface area contributed by atoms with Gasteiger partial charge in [-0.15, -0.1) is 11.3 Å². The van der Waals surface area contributed by atoms with Crippen LogP contribution in [0.15, 0.2) is 34.5 Å². The molecule has 2 aromatic rings. The number of nitrogens with zero attached hydrogens (tertiary/aromatic N) is 2. The molecule has 1 aliphatic heterocycles. The molecule has 2 aliphatic rings. The molecule has 1 aliphatic carbocycles. The Bertz CT molecular complexity index is 800. The number of piperazine rings is 1. The molecule has 0 N–H and O–H groups in total. The summed E-state index contributed by atoms with van der Waals surface area (Å²) in [5.41, 5.74) is 0.338. The highest BCUT2D eigenvalue weighted by Crippen LogP contribution is 2.41. The highest BCUT2D eigenvalue weighted by Gasteiger charge is 2.45. The van der Waals surface area contributed by atoms with Crippen molar-refractivity contribution in [1.29, 1.82) is 0 Å². The Kier molecular flexibility index (Phi) is 3.34. The fraction of sp³-hybridized carbons (Fsp3) is 0.500. The monoisotopic (exact) mass is 336 g/mol. The SMILES string of the molecule is CC1(N2CCN(S(=O)(=O)c3csc4ccccc34)CC2)CC1. The number of thiophene rings is 1. The standard InChI is InChI=1S/C16H20N2O2S2/c1-16(6-7-16)17-8-10-18(11-9-17)22(19,20)15-12-21-14-5-3-2-4-13(14)15/h2-5,12H,6-11H2,1H3. The number of hydrogen-bond acceptors (Lipinski definition) is 4. The molecule has 0 atom stereocenters. The third-order valence-corrected chi connectivity index (χ3v) is 8.09. The molecule has 118 valence electrons. The van der Waals surface area contributed by atoms with Gasteiger partial charge in [0.1, 0.15) is 4.90 Å². The van der Waals surface area contributed by atoms with E-state index in [1.807, 2.05) is 24.3 Å². The van der Waals surface area contributed by atoms with E-state index in [-0.39, 0.29) is 0 Å². The van der Waals surface area contributed by atoms with Crippen molar-refractivity contribution in [3.05, 3.63) is 29.6 Å². The molecule has 0 radical (unpaired) electrons. The minimum atomic E-state index is -3.38. The van der Waals surface area contributed by atoms with E-state index >= 15 is 0 Å². The van der Waals surface area contributed by atoms with E-state index in [0.29, 0.717) is 23.5 Å². The van der Waals surface area contributed by atoms with Crippen molar-refractivity contribution >= 4 is 31.4 Å². The van der Waals surface area contributed by atoms with Crippen LogP contribution in [-0.2, 0) is 10.0 Å². The number of hydrogen-bond donors (Lipinski definition) is 0. The van der Waals surface area contributed by atoms with Crippen LogP contribution in [0.1, 0.15) is 19.8 Å². The summed E-state index contributed by atoms with van der Waals surface area (Å²) in [6.07, 6.45) is 2.49. The van der Waals surface area contributed by atoms with Crippen LogP contribution in [-0.4, -0.2) is 49.3 Å². The first-order valence-corrected chi connectivity index (χ1v) is 10.0. The first kappa shape index (κ1) is 14.6. The largest absolute Gasteiger partial charge is 0.295 e. The fourth-order valence-corrected chi connectivity index (χ4v) is 6.15. The molecule has 2 fully saturated rings. The van der Waals surface area contributed by atoms with Crippen LogP contribution in [0.4, 0.5) is 0 Å². The summed E-state index contributed by atoms with van der Waals surface area (Å²) in [4.78, 5) is 2.92. The summed E-state index contributed by atoms with van der Waals surface area (Å²) in [5, 5.41) is 2.64. The zero-order chi connectivity index (χ0) is 15.4. The minimum Gasteiger partial charge on any atom is -0.295 e. The van der Waals surface area contributed by atoms with Crippen molar-refractivity contribution < 1.29 is 8.42 Å². The number of benzene rings is 1. The predicted octanol–water partition coefficient (Wildman–Crippen LogP) is 2.76. The van der Waals surface area contributed by atoms with Crippen LogP contribution in [0.25, 0.3) is 10.1 Å². The normalized spacial score (nSPS) is 23.0. The number of fused-ring (bicyclic) bond motifs is 1. The van der Waals surface area contributed by atoms with Crippen LogP contribution in [0.3, 0.4) is 0 Å². The van der Waals surface area contributed by atoms with E-state index in [2.05, 4.69) is 11.8 Å². The molecular formula is C16H20N2O2S2. The lowest BCUT2D eigenvalue weighted by atomic mass is 10.2. The second kappa shape index (κ2) is 5.03. The van der Waals surface area contributed by atoms with E-state index in [9.17, 15) is 8.42 Å². The molecule has 0 spiro atoms. The third kappa shape index (κ3) is 2.29. The van der Waals surface area contributed by atoms with Gasteiger partial charge < -0.3 is 0 Å². The van der Waals surface area contributed by atoms with E-state index in [4.69, 9.17) is 0 Å². The van der Waals surface area contributed by atoms with Gasteiger partial charge in [-0.1, -0.05) is 18.2 Å². The zero-order valence-electron chi connectivity index (χ0n) is 12.7. The molecule has 1 saturated carbocycles. The lowest BCUT2D eigenvalue weighted by Crippen LogP contribution is -2.52. The summed E-state index contributed by atoms with van der Waals surface area (Å²) in [5.74, 6) is 0. The molecule has 22 heavy (non-hydrogen) atoms. The Morgan fingerprint density at radius 1 is 1.09 bits per heavy atom. The molecule has 1 aromatic carbocycles. The summed E-state index contributed by atoms with van der Waals surface area (Å²) in [6, 6.07) is 7.73. The van der Waals surface area contributed by atoms with Gasteiger partial charge in [-0.25, -0.2) is 8.42 Å². The van der Waals surface area contributed by atoms with Gasteiger partial charge in [-0.2, -0.15) is 4.31 Å². The lowest BCUT2D eigenvalue weighted by molar-refractivity contribution is 0.132. The van der Waals surface area contributed by atoms with Crippen molar-refractivity contribution in [2.24, 2.45) is 0 Å². The average Bonchev–Trinajstić information content (AvgIpc) is 3.13. The van der Waals surface area contributed by atoms with Crippen molar-refractivity contribution in [1.82, 2.24) is 9.21 Å². The first-order chi connectivity index (χ1) is 10.5. The topological polar surface area (TPSA) is 40.6 Å². The predicted molar refractivity (Wildman–Crippen MR) is 89.8 cm³/mol. The second-order valence-electron chi connectivity index (χ2n) is 6.48. The Morgan fingerprint density at radius 2 is 1.77 bits per heavy atom. The molecular weight excluding hydrogens is 316 g/mol. The maximum atomic E-state index is 12.9. The van der Waals surface area contributed by atoms with Gasteiger partial charge >= 0.3 is 0 Å². The van der Waals surface area contributed by atoms with Crippen molar-refractivity contribution in [2.75, 3.05) is 26.2 Å². The Labute approximate surface area is 135 Å². The average molecular weight is 336 g/mol. The molecule has 4 rings (SSSR count). The van der Waals surface area contributed by atoms with Crippen LogP contribution in [0, 0.1) is 0 Å². The Hall–Kier alpha value is -0.950. The summed E-state index contributed by atoms with van der Waals surface area (Å²) >= 11 is 1.50. The van der Waals surface area contributed by atoms with Gasteiger partial charge in [0.05, 0.1) is 0 Å². The van der Waals surface area contributed by atoms with E-state index in [1.165, 1.54) is 24.2 Å². The minimum absolute atomic E-state index is 0.338. The summed E-state index contributed by atoms with van der Waals surface area (Å²) in [7, 11) is -3.38. The van der Waals surface area contributed by atoms with Crippen LogP contribution < -0.4 is 0 Å². The number of rotatable bonds is 3. The molecule has 0 amide bonds. The molecule has 6 heteroatoms. The first-order valence-electron chi connectivity index (χ1n) is 7.72. The van der Waals surface area contributed by atoms with Gasteiger partial charge in [-0.3, -0.25) is 4.90 Å². The van der Waals surface area contributed by atoms with Gasteiger partial charge in [0.2, 0.25) is 10.0 Å². The van der Waals surface area contributed by atoms with Gasteiger partial charge in [0.25, 0.3) is 0 Å². The molecule has 1 saturated heterocycles.